The van der Waals surface area contributed by atoms with Crippen molar-refractivity contribution in [2.45, 2.75) is 52.1 Å². The van der Waals surface area contributed by atoms with Gasteiger partial charge < -0.3 is 25.1 Å². The molecule has 3 N–H and O–H groups in total. The molecule has 9 nitrogen and oxygen atoms in total. The van der Waals surface area contributed by atoms with Crippen LogP contribution in [0, 0.1) is 6.92 Å². The summed E-state index contributed by atoms with van der Waals surface area (Å²) in [5, 5.41) is 4.50. The van der Waals surface area contributed by atoms with Crippen molar-refractivity contribution in [3.8, 4) is 22.8 Å². The number of benzene rings is 2. The van der Waals surface area contributed by atoms with E-state index in [0.29, 0.717) is 30.2 Å². The Balaban J connectivity index is 1.37. The number of aromatic nitrogens is 3. The Morgan fingerprint density at radius 2 is 1.61 bits per heavy atom. The van der Waals surface area contributed by atoms with Crippen LogP contribution in [0.5, 0.6) is 11.5 Å². The van der Waals surface area contributed by atoms with Crippen molar-refractivity contribution >= 4 is 17.6 Å². The van der Waals surface area contributed by atoms with E-state index >= 15 is 0 Å². The lowest BCUT2D eigenvalue weighted by molar-refractivity contribution is 0.0205. The summed E-state index contributed by atoms with van der Waals surface area (Å²) in [6.07, 6.45) is 3.04. The van der Waals surface area contributed by atoms with Gasteiger partial charge in [0.15, 0.2) is 5.69 Å². The topological polar surface area (TPSA) is 115 Å². The van der Waals surface area contributed by atoms with Crippen LogP contribution < -0.4 is 10.5 Å². The zero-order valence-corrected chi connectivity index (χ0v) is 22.2. The SMILES string of the molecule is Cc1ccc(Oc2ccc(-c3[nH]c4c(C5CCN(C(=O)OC(C)(C)C)CC5)cnn4c3C(N)=O)cc2)cc1. The van der Waals surface area contributed by atoms with Gasteiger partial charge in [-0.15, -0.1) is 0 Å². The Kier molecular flexibility index (Phi) is 6.60. The van der Waals surface area contributed by atoms with Crippen LogP contribution in [0.1, 0.15) is 61.1 Å². The van der Waals surface area contributed by atoms with Crippen LogP contribution in [0.25, 0.3) is 16.9 Å². The number of amides is 2. The molecule has 1 fully saturated rings. The largest absolute Gasteiger partial charge is 0.457 e. The maximum absolute atomic E-state index is 12.5. The number of likely N-dealkylation sites (tertiary alicyclic amines) is 1. The number of imidazole rings is 1. The van der Waals surface area contributed by atoms with E-state index in [1.165, 1.54) is 0 Å². The van der Waals surface area contributed by atoms with Crippen LogP contribution in [-0.4, -0.2) is 50.2 Å². The lowest BCUT2D eigenvalue weighted by Gasteiger charge is -2.33. The highest BCUT2D eigenvalue weighted by Crippen LogP contribution is 2.34. The van der Waals surface area contributed by atoms with Crippen molar-refractivity contribution in [1.82, 2.24) is 19.5 Å². The first-order chi connectivity index (χ1) is 18.1. The van der Waals surface area contributed by atoms with E-state index in [-0.39, 0.29) is 12.0 Å². The molecule has 0 atom stereocenters. The zero-order valence-electron chi connectivity index (χ0n) is 22.2. The van der Waals surface area contributed by atoms with Crippen molar-refractivity contribution in [2.75, 3.05) is 13.1 Å². The Labute approximate surface area is 221 Å². The van der Waals surface area contributed by atoms with Gasteiger partial charge in [0.05, 0.1) is 11.9 Å². The molecule has 9 heteroatoms. The monoisotopic (exact) mass is 515 g/mol. The molecule has 2 aromatic heterocycles. The van der Waals surface area contributed by atoms with Crippen molar-refractivity contribution in [3.05, 3.63) is 71.5 Å². The quantitative estimate of drug-likeness (QED) is 0.357. The fraction of sp³-hybridized carbons (Fsp3) is 0.345. The number of nitrogens with one attached hydrogen (secondary N) is 1. The third-order valence-corrected chi connectivity index (χ3v) is 6.71. The van der Waals surface area contributed by atoms with Gasteiger partial charge in [-0.25, -0.2) is 9.31 Å². The number of nitrogens with two attached hydrogens (primary N) is 1. The summed E-state index contributed by atoms with van der Waals surface area (Å²) in [7, 11) is 0. The molecule has 0 spiro atoms. The molecule has 2 amide bonds. The van der Waals surface area contributed by atoms with Gasteiger partial charge in [-0.05, 0) is 82.9 Å². The number of nitrogens with zero attached hydrogens (tertiary/aromatic N) is 3. The van der Waals surface area contributed by atoms with Crippen LogP contribution in [0.3, 0.4) is 0 Å². The van der Waals surface area contributed by atoms with Gasteiger partial charge in [-0.3, -0.25) is 4.79 Å². The number of piperidine rings is 1. The molecule has 198 valence electrons. The minimum Gasteiger partial charge on any atom is -0.457 e. The highest BCUT2D eigenvalue weighted by atomic mass is 16.6. The molecule has 0 aliphatic carbocycles. The maximum atomic E-state index is 12.5. The van der Waals surface area contributed by atoms with Crippen molar-refractivity contribution < 1.29 is 19.1 Å². The zero-order chi connectivity index (χ0) is 27.0. The Hall–Kier alpha value is -4.27. The van der Waals surface area contributed by atoms with Gasteiger partial charge >= 0.3 is 6.09 Å². The second kappa shape index (κ2) is 9.89. The summed E-state index contributed by atoms with van der Waals surface area (Å²) in [4.78, 5) is 30.1. The minimum absolute atomic E-state index is 0.184. The van der Waals surface area contributed by atoms with Gasteiger partial charge in [-0.2, -0.15) is 5.10 Å². The fourth-order valence-electron chi connectivity index (χ4n) is 4.81. The standard InChI is InChI=1S/C29H33N5O4/c1-18-5-9-21(10-6-18)37-22-11-7-20(8-12-22)24-25(26(30)35)34-27(32-24)23(17-31-34)19-13-15-33(16-14-19)28(36)38-29(2,3)4/h5-12,17,19,32H,13-16H2,1-4H3,(H2,30,35). The van der Waals surface area contributed by atoms with Crippen molar-refractivity contribution in [3.63, 3.8) is 0 Å². The lowest BCUT2D eigenvalue weighted by Crippen LogP contribution is -2.41. The Morgan fingerprint density at radius 3 is 2.18 bits per heavy atom. The summed E-state index contributed by atoms with van der Waals surface area (Å²) < 4.78 is 13.0. The molecule has 5 rings (SSSR count). The summed E-state index contributed by atoms with van der Waals surface area (Å²) in [5.74, 6) is 1.05. The molecule has 3 heterocycles. The number of ether oxygens (including phenoxy) is 2. The number of rotatable bonds is 5. The molecule has 0 bridgehead atoms. The molecular weight excluding hydrogens is 482 g/mol. The average Bonchev–Trinajstić information content (AvgIpc) is 3.44. The third kappa shape index (κ3) is 5.22. The maximum Gasteiger partial charge on any atom is 0.410 e. The number of aromatic amines is 1. The van der Waals surface area contributed by atoms with Crippen molar-refractivity contribution in [1.29, 1.82) is 0 Å². The number of H-pyrrole nitrogens is 1. The Morgan fingerprint density at radius 1 is 1.00 bits per heavy atom. The van der Waals surface area contributed by atoms with Gasteiger partial charge in [-0.1, -0.05) is 17.7 Å². The average molecular weight is 516 g/mol. The first kappa shape index (κ1) is 25.4. The number of primary amides is 1. The molecule has 4 aromatic rings. The number of carbonyl (C=O) groups excluding carboxylic acids is 2. The molecule has 1 aliphatic rings. The van der Waals surface area contributed by atoms with Gasteiger partial charge in [0.25, 0.3) is 5.91 Å². The second-order valence-electron chi connectivity index (χ2n) is 10.8. The van der Waals surface area contributed by atoms with E-state index in [9.17, 15) is 9.59 Å². The van der Waals surface area contributed by atoms with Gasteiger partial charge in [0.1, 0.15) is 22.7 Å². The Bertz CT molecular complexity index is 1450. The van der Waals surface area contributed by atoms with Crippen molar-refractivity contribution in [2.24, 2.45) is 5.73 Å². The lowest BCUT2D eigenvalue weighted by atomic mass is 9.91. The first-order valence-corrected chi connectivity index (χ1v) is 12.8. The fourth-order valence-corrected chi connectivity index (χ4v) is 4.81. The predicted octanol–water partition coefficient (Wildman–Crippen LogP) is 5.64. The third-order valence-electron chi connectivity index (χ3n) is 6.71. The molecular formula is C29H33N5O4. The van der Waals surface area contributed by atoms with Crippen LogP contribution in [0.15, 0.2) is 54.7 Å². The number of carbonyl (C=O) groups is 2. The highest BCUT2D eigenvalue weighted by molar-refractivity contribution is 5.98. The summed E-state index contributed by atoms with van der Waals surface area (Å²) in [5.41, 5.74) is 9.87. The highest BCUT2D eigenvalue weighted by Gasteiger charge is 2.30. The molecule has 0 radical (unpaired) electrons. The predicted molar refractivity (Wildman–Crippen MR) is 145 cm³/mol. The van der Waals surface area contributed by atoms with E-state index < -0.39 is 11.5 Å². The van der Waals surface area contributed by atoms with E-state index in [1.807, 2.05) is 76.2 Å². The van der Waals surface area contributed by atoms with Crippen LogP contribution in [0.4, 0.5) is 4.79 Å². The van der Waals surface area contributed by atoms with E-state index in [2.05, 4.69) is 10.1 Å². The number of aryl methyl sites for hydroxylation is 1. The van der Waals surface area contributed by atoms with E-state index in [0.717, 1.165) is 40.9 Å². The smallest absolute Gasteiger partial charge is 0.410 e. The van der Waals surface area contributed by atoms with Gasteiger partial charge in [0.2, 0.25) is 0 Å². The van der Waals surface area contributed by atoms with Crippen LogP contribution >= 0.6 is 0 Å². The summed E-state index contributed by atoms with van der Waals surface area (Å²) in [6, 6.07) is 15.3. The van der Waals surface area contributed by atoms with Gasteiger partial charge in [0, 0.05) is 24.2 Å². The molecule has 1 aliphatic heterocycles. The van der Waals surface area contributed by atoms with Crippen LogP contribution in [0.2, 0.25) is 0 Å². The van der Waals surface area contributed by atoms with E-state index in [1.54, 1.807) is 15.6 Å². The molecule has 38 heavy (non-hydrogen) atoms. The first-order valence-electron chi connectivity index (χ1n) is 12.8. The second-order valence-corrected chi connectivity index (χ2v) is 10.8. The van der Waals surface area contributed by atoms with Crippen LogP contribution in [-0.2, 0) is 4.74 Å². The molecule has 2 aromatic carbocycles. The summed E-state index contributed by atoms with van der Waals surface area (Å²) >= 11 is 0. The normalized spacial score (nSPS) is 14.6. The number of hydrogen-bond acceptors (Lipinski definition) is 5. The number of hydrogen-bond donors (Lipinski definition) is 2. The minimum atomic E-state index is -0.569. The molecule has 0 unspecified atom stereocenters. The molecule has 1 saturated heterocycles. The summed E-state index contributed by atoms with van der Waals surface area (Å²) in [6.45, 7) is 8.81. The number of fused-ring (bicyclic) bond motifs is 1. The van der Waals surface area contributed by atoms with E-state index in [4.69, 9.17) is 15.2 Å². The molecule has 0 saturated carbocycles.